The van der Waals surface area contributed by atoms with Crippen molar-refractivity contribution in [3.8, 4) is 5.75 Å². The monoisotopic (exact) mass is 700 g/mol. The first-order valence-corrected chi connectivity index (χ1v) is 20.8. The van der Waals surface area contributed by atoms with Crippen molar-refractivity contribution in [1.29, 1.82) is 0 Å². The van der Waals surface area contributed by atoms with Gasteiger partial charge in [0, 0.05) is 13.0 Å². The van der Waals surface area contributed by atoms with Gasteiger partial charge in [-0.3, -0.25) is 0 Å². The van der Waals surface area contributed by atoms with E-state index in [1.165, 1.54) is 5.57 Å². The van der Waals surface area contributed by atoms with Crippen molar-refractivity contribution >= 4 is 8.32 Å². The van der Waals surface area contributed by atoms with Gasteiger partial charge < -0.3 is 33.2 Å². The Labute approximate surface area is 299 Å². The Balaban J connectivity index is 1.76. The van der Waals surface area contributed by atoms with Crippen LogP contribution in [0.1, 0.15) is 106 Å². The van der Waals surface area contributed by atoms with Crippen LogP contribution >= 0.6 is 0 Å². The number of ether oxygens (including phenoxy) is 5. The fourth-order valence-electron chi connectivity index (χ4n) is 7.90. The molecule has 0 saturated carbocycles. The van der Waals surface area contributed by atoms with Crippen LogP contribution in [-0.4, -0.2) is 70.1 Å². The zero-order valence-electron chi connectivity index (χ0n) is 32.3. The summed E-state index contributed by atoms with van der Waals surface area (Å²) in [6.07, 6.45) is 13.5. The lowest BCUT2D eigenvalue weighted by atomic mass is 9.91. The number of benzene rings is 1. The molecule has 2 aliphatic heterocycles. The van der Waals surface area contributed by atoms with E-state index < -0.39 is 14.1 Å². The second-order valence-electron chi connectivity index (χ2n) is 15.7. The molecule has 1 N–H and O–H groups in total. The summed E-state index contributed by atoms with van der Waals surface area (Å²) in [6.45, 7) is 26.0. The summed E-state index contributed by atoms with van der Waals surface area (Å²) >= 11 is 0. The highest BCUT2D eigenvalue weighted by molar-refractivity contribution is 6.77. The molecule has 3 rings (SSSR count). The van der Waals surface area contributed by atoms with Crippen molar-refractivity contribution in [2.45, 2.75) is 160 Å². The van der Waals surface area contributed by atoms with Gasteiger partial charge in [-0.25, -0.2) is 0 Å². The SMILES string of the molecule is C=C(CC(C)CC1CC=CC(CCO)O1)CC(C=CCC(OCc1ccc(OC)cc1)C1COC(C)(C)O1)O[Si](C(C)C)(C(C)C)C(C)C. The van der Waals surface area contributed by atoms with Crippen LogP contribution in [0.2, 0.25) is 16.6 Å². The van der Waals surface area contributed by atoms with E-state index in [0.29, 0.717) is 48.6 Å². The fraction of sp³-hybridized carbons (Fsp3) is 0.707. The number of methoxy groups -OCH3 is 1. The molecule has 0 amide bonds. The highest BCUT2D eigenvalue weighted by Crippen LogP contribution is 2.44. The average Bonchev–Trinajstić information content (AvgIpc) is 3.40. The van der Waals surface area contributed by atoms with Crippen molar-refractivity contribution in [3.05, 3.63) is 66.3 Å². The normalized spacial score (nSPS) is 23.1. The number of aliphatic hydroxyl groups is 1. The van der Waals surface area contributed by atoms with Gasteiger partial charge in [0.1, 0.15) is 11.9 Å². The van der Waals surface area contributed by atoms with Crippen molar-refractivity contribution in [3.63, 3.8) is 0 Å². The average molecular weight is 701 g/mol. The van der Waals surface area contributed by atoms with E-state index in [-0.39, 0.29) is 37.1 Å². The minimum Gasteiger partial charge on any atom is -0.497 e. The molecule has 0 aromatic heterocycles. The van der Waals surface area contributed by atoms with E-state index in [1.807, 2.05) is 38.1 Å². The molecule has 6 unspecified atom stereocenters. The summed E-state index contributed by atoms with van der Waals surface area (Å²) in [4.78, 5) is 0. The molecule has 0 spiro atoms. The van der Waals surface area contributed by atoms with E-state index >= 15 is 0 Å². The summed E-state index contributed by atoms with van der Waals surface area (Å²) < 4.78 is 37.7. The van der Waals surface area contributed by atoms with Crippen LogP contribution in [0.25, 0.3) is 0 Å². The van der Waals surface area contributed by atoms with Gasteiger partial charge in [0.2, 0.25) is 8.32 Å². The van der Waals surface area contributed by atoms with E-state index in [1.54, 1.807) is 7.11 Å². The molecule has 278 valence electrons. The molecule has 0 bridgehead atoms. The highest BCUT2D eigenvalue weighted by atomic mass is 28.4. The van der Waals surface area contributed by atoms with Gasteiger partial charge in [-0.15, -0.1) is 0 Å². The summed E-state index contributed by atoms with van der Waals surface area (Å²) in [5.74, 6) is 0.630. The Kier molecular flexibility index (Phi) is 16.8. The summed E-state index contributed by atoms with van der Waals surface area (Å²) in [7, 11) is -0.488. The van der Waals surface area contributed by atoms with Crippen LogP contribution < -0.4 is 4.74 Å². The molecular weight excluding hydrogens is 633 g/mol. The zero-order valence-corrected chi connectivity index (χ0v) is 33.3. The van der Waals surface area contributed by atoms with E-state index in [4.69, 9.17) is 28.1 Å². The second-order valence-corrected chi connectivity index (χ2v) is 21.1. The third-order valence-corrected chi connectivity index (χ3v) is 16.3. The Morgan fingerprint density at radius 3 is 2.29 bits per heavy atom. The topological polar surface area (TPSA) is 75.6 Å². The van der Waals surface area contributed by atoms with Gasteiger partial charge in [0.25, 0.3) is 0 Å². The summed E-state index contributed by atoms with van der Waals surface area (Å²) in [6, 6.07) is 8.00. The van der Waals surface area contributed by atoms with E-state index in [0.717, 1.165) is 37.0 Å². The van der Waals surface area contributed by atoms with Crippen molar-refractivity contribution in [1.82, 2.24) is 0 Å². The Morgan fingerprint density at radius 2 is 1.71 bits per heavy atom. The number of aliphatic hydroxyl groups excluding tert-OH is 1. The second kappa shape index (κ2) is 19.7. The molecule has 7 nitrogen and oxygen atoms in total. The van der Waals surface area contributed by atoms with E-state index in [2.05, 4.69) is 79.3 Å². The molecule has 2 aliphatic rings. The lowest BCUT2D eigenvalue weighted by Crippen LogP contribution is -2.50. The van der Waals surface area contributed by atoms with Crippen molar-refractivity contribution in [2.75, 3.05) is 20.3 Å². The molecular formula is C41H68O7Si. The van der Waals surface area contributed by atoms with Crippen molar-refractivity contribution in [2.24, 2.45) is 5.92 Å². The Hall–Kier alpha value is -1.78. The van der Waals surface area contributed by atoms with Crippen molar-refractivity contribution < 1.29 is 33.2 Å². The highest BCUT2D eigenvalue weighted by Gasteiger charge is 2.46. The first kappa shape index (κ1) is 41.6. The molecule has 49 heavy (non-hydrogen) atoms. The van der Waals surface area contributed by atoms with Gasteiger partial charge in [-0.2, -0.15) is 0 Å². The minimum absolute atomic E-state index is 0.0135. The minimum atomic E-state index is -2.16. The van der Waals surface area contributed by atoms with Gasteiger partial charge in [-0.05, 0) is 86.2 Å². The number of hydrogen-bond acceptors (Lipinski definition) is 7. The fourth-order valence-corrected chi connectivity index (χ4v) is 13.4. The van der Waals surface area contributed by atoms with Gasteiger partial charge in [0.05, 0.1) is 44.7 Å². The van der Waals surface area contributed by atoms with Gasteiger partial charge in [0.15, 0.2) is 5.79 Å². The van der Waals surface area contributed by atoms with E-state index in [9.17, 15) is 5.11 Å². The Morgan fingerprint density at radius 1 is 1.04 bits per heavy atom. The third kappa shape index (κ3) is 12.7. The number of hydrogen-bond donors (Lipinski definition) is 1. The molecule has 1 saturated heterocycles. The maximum atomic E-state index is 9.37. The summed E-state index contributed by atoms with van der Waals surface area (Å²) in [5.41, 5.74) is 3.73. The molecule has 8 heteroatoms. The van der Waals surface area contributed by atoms with Crippen LogP contribution in [0, 0.1) is 5.92 Å². The Bertz CT molecular complexity index is 1150. The first-order valence-electron chi connectivity index (χ1n) is 18.7. The van der Waals surface area contributed by atoms with Crippen LogP contribution in [0.4, 0.5) is 0 Å². The molecule has 1 fully saturated rings. The predicted molar refractivity (Wildman–Crippen MR) is 202 cm³/mol. The largest absolute Gasteiger partial charge is 0.497 e. The van der Waals surface area contributed by atoms with Crippen LogP contribution in [-0.2, 0) is 30.0 Å². The van der Waals surface area contributed by atoms with Crippen LogP contribution in [0.15, 0.2) is 60.7 Å². The van der Waals surface area contributed by atoms with Gasteiger partial charge >= 0.3 is 0 Å². The molecule has 0 aliphatic carbocycles. The standard InChI is InChI=1S/C41H68O7Si/c1-29(2)49(30(3)4,31(5)6)48-38(26-33(8)24-32(7)25-37-15-12-14-36(46-37)22-23-42)16-13-17-39(40-28-45-41(9,10)47-40)44-27-34-18-20-35(43-11)21-19-34/h12-14,16,18-21,29-32,36-40,42H,8,15,17,22-28H2,1-7,9-11H3. The first-order chi connectivity index (χ1) is 23.2. The molecule has 0 radical (unpaired) electrons. The zero-order chi connectivity index (χ0) is 36.2. The van der Waals surface area contributed by atoms with Gasteiger partial charge in [-0.1, -0.05) is 97.1 Å². The lowest BCUT2D eigenvalue weighted by molar-refractivity contribution is -0.157. The van der Waals surface area contributed by atoms with Crippen LogP contribution in [0.5, 0.6) is 5.75 Å². The van der Waals surface area contributed by atoms with Crippen LogP contribution in [0.3, 0.4) is 0 Å². The third-order valence-electron chi connectivity index (χ3n) is 10.2. The quantitative estimate of drug-likeness (QED) is 0.101. The summed E-state index contributed by atoms with van der Waals surface area (Å²) in [5, 5.41) is 9.37. The lowest BCUT2D eigenvalue weighted by Gasteiger charge is -2.44. The number of rotatable bonds is 21. The molecule has 1 aromatic carbocycles. The smallest absolute Gasteiger partial charge is 0.201 e. The molecule has 2 heterocycles. The predicted octanol–water partition coefficient (Wildman–Crippen LogP) is 9.70. The molecule has 1 aromatic rings. The maximum Gasteiger partial charge on any atom is 0.201 e. The molecule has 6 atom stereocenters. The maximum absolute atomic E-state index is 9.37.